The molecule has 1 aromatic rings. The maximum Gasteiger partial charge on any atom is 0.326 e. The van der Waals surface area contributed by atoms with Crippen molar-refractivity contribution in [1.29, 1.82) is 0 Å². The minimum Gasteiger partial charge on any atom is -0.481 e. The smallest absolute Gasteiger partial charge is 0.326 e. The Morgan fingerprint density at radius 2 is 1.81 bits per heavy atom. The Labute approximate surface area is 152 Å². The van der Waals surface area contributed by atoms with Gasteiger partial charge < -0.3 is 41.8 Å². The number of carboxylic acids is 2. The molecule has 9 N–H and O–H groups in total. The van der Waals surface area contributed by atoms with Gasteiger partial charge in [-0.3, -0.25) is 9.59 Å². The molecule has 1 heterocycles. The number of carbonyl (C=O) groups excluding carboxylic acids is 2. The van der Waals surface area contributed by atoms with E-state index in [1.165, 1.54) is 6.92 Å². The number of amides is 3. The zero-order chi connectivity index (χ0) is 21.0. The molecule has 2 unspecified atom stereocenters. The van der Waals surface area contributed by atoms with Gasteiger partial charge in [0.15, 0.2) is 0 Å². The standard InChI is InChI=1S/C11H17N5O7.C2H5NO/c12-5(4-17)9-16-15-7(23-9)3-13-11(22)14-6(10(20)21)1-2-8(18)19;1-2(3)4/h5-6,17H,1-4,12H2,(H,18,19)(H,20,21)(H2,13,14,22);1H3,(H2,3,4). The minimum absolute atomic E-state index is 0.00502. The van der Waals surface area contributed by atoms with E-state index in [-0.39, 0.29) is 37.3 Å². The lowest BCUT2D eigenvalue weighted by molar-refractivity contribution is -0.140. The van der Waals surface area contributed by atoms with Crippen LogP contribution in [-0.2, 0) is 20.9 Å². The highest BCUT2D eigenvalue weighted by Gasteiger charge is 2.21. The molecule has 0 aliphatic heterocycles. The van der Waals surface area contributed by atoms with Crippen molar-refractivity contribution in [3.05, 3.63) is 11.8 Å². The van der Waals surface area contributed by atoms with E-state index in [1.807, 2.05) is 0 Å². The van der Waals surface area contributed by atoms with Crippen LogP contribution in [0.1, 0.15) is 37.6 Å². The number of hydrogen-bond donors (Lipinski definition) is 7. The van der Waals surface area contributed by atoms with Gasteiger partial charge in [-0.05, 0) is 6.42 Å². The number of hydrogen-bond acceptors (Lipinski definition) is 9. The molecule has 0 saturated carbocycles. The summed E-state index contributed by atoms with van der Waals surface area (Å²) in [7, 11) is 0. The minimum atomic E-state index is -1.35. The Balaban J connectivity index is 0.00000153. The summed E-state index contributed by atoms with van der Waals surface area (Å²) in [6.07, 6.45) is -0.655. The maximum absolute atomic E-state index is 11.6. The van der Waals surface area contributed by atoms with Crippen molar-refractivity contribution in [3.8, 4) is 0 Å². The van der Waals surface area contributed by atoms with Gasteiger partial charge in [-0.25, -0.2) is 9.59 Å². The number of aliphatic hydroxyl groups is 1. The largest absolute Gasteiger partial charge is 0.481 e. The number of nitrogens with one attached hydrogen (secondary N) is 2. The summed E-state index contributed by atoms with van der Waals surface area (Å²) in [4.78, 5) is 42.2. The molecule has 14 nitrogen and oxygen atoms in total. The molecule has 0 fully saturated rings. The number of nitrogens with two attached hydrogens (primary N) is 2. The fourth-order valence-electron chi connectivity index (χ4n) is 1.46. The molecule has 0 aliphatic carbocycles. The summed E-state index contributed by atoms with van der Waals surface area (Å²) in [5.41, 5.74) is 9.93. The van der Waals surface area contributed by atoms with Crippen LogP contribution in [0.25, 0.3) is 0 Å². The Morgan fingerprint density at radius 3 is 2.30 bits per heavy atom. The lowest BCUT2D eigenvalue weighted by Crippen LogP contribution is -2.46. The van der Waals surface area contributed by atoms with Crippen molar-refractivity contribution >= 4 is 23.9 Å². The summed E-state index contributed by atoms with van der Waals surface area (Å²) in [5, 5.41) is 37.8. The number of primary amides is 1. The molecule has 0 bridgehead atoms. The van der Waals surface area contributed by atoms with E-state index < -0.39 is 36.5 Å². The van der Waals surface area contributed by atoms with Crippen molar-refractivity contribution < 1.29 is 38.9 Å². The third-order valence-electron chi connectivity index (χ3n) is 2.65. The van der Waals surface area contributed by atoms with Crippen LogP contribution in [0, 0.1) is 0 Å². The lowest BCUT2D eigenvalue weighted by Gasteiger charge is -2.13. The predicted octanol–water partition coefficient (Wildman–Crippen LogP) is -2.33. The van der Waals surface area contributed by atoms with Gasteiger partial charge in [0.25, 0.3) is 0 Å². The fourth-order valence-corrected chi connectivity index (χ4v) is 1.46. The molecule has 0 saturated heterocycles. The summed E-state index contributed by atoms with van der Waals surface area (Å²) in [6.45, 7) is 0.724. The van der Waals surface area contributed by atoms with Crippen molar-refractivity contribution in [3.63, 3.8) is 0 Å². The second kappa shape index (κ2) is 12.2. The van der Waals surface area contributed by atoms with Crippen LogP contribution in [0.5, 0.6) is 0 Å². The first kappa shape index (κ1) is 23.7. The zero-order valence-electron chi connectivity index (χ0n) is 14.4. The molecular formula is C13H22N6O8. The van der Waals surface area contributed by atoms with E-state index in [0.717, 1.165) is 0 Å². The molecule has 0 spiro atoms. The Hall–Kier alpha value is -3.26. The van der Waals surface area contributed by atoms with Gasteiger partial charge in [0, 0.05) is 13.3 Å². The third kappa shape index (κ3) is 11.1. The molecule has 14 heteroatoms. The number of carboxylic acid groups (broad SMARTS) is 2. The number of carbonyl (C=O) groups is 4. The number of rotatable bonds is 9. The van der Waals surface area contributed by atoms with E-state index in [4.69, 9.17) is 25.5 Å². The number of aliphatic hydroxyl groups excluding tert-OH is 1. The average molecular weight is 390 g/mol. The molecule has 1 rings (SSSR count). The molecule has 152 valence electrons. The summed E-state index contributed by atoms with van der Waals surface area (Å²) in [6, 6.07) is -3.02. The first-order valence-electron chi connectivity index (χ1n) is 7.50. The summed E-state index contributed by atoms with van der Waals surface area (Å²) in [5.74, 6) is -2.85. The van der Waals surface area contributed by atoms with E-state index >= 15 is 0 Å². The molecule has 2 atom stereocenters. The zero-order valence-corrected chi connectivity index (χ0v) is 14.4. The predicted molar refractivity (Wildman–Crippen MR) is 86.8 cm³/mol. The van der Waals surface area contributed by atoms with Crippen LogP contribution in [0.2, 0.25) is 0 Å². The van der Waals surface area contributed by atoms with Gasteiger partial charge in [-0.15, -0.1) is 10.2 Å². The molecule has 27 heavy (non-hydrogen) atoms. The maximum atomic E-state index is 11.6. The van der Waals surface area contributed by atoms with Crippen molar-refractivity contribution in [2.45, 2.75) is 38.4 Å². The second-order valence-electron chi connectivity index (χ2n) is 5.08. The van der Waals surface area contributed by atoms with Crippen LogP contribution in [0.4, 0.5) is 4.79 Å². The quantitative estimate of drug-likeness (QED) is 0.235. The highest BCUT2D eigenvalue weighted by Crippen LogP contribution is 2.07. The van der Waals surface area contributed by atoms with E-state index in [2.05, 4.69) is 26.6 Å². The van der Waals surface area contributed by atoms with Crippen LogP contribution >= 0.6 is 0 Å². The first-order chi connectivity index (χ1) is 12.6. The monoisotopic (exact) mass is 390 g/mol. The van der Waals surface area contributed by atoms with Gasteiger partial charge in [0.1, 0.15) is 12.1 Å². The molecule has 0 radical (unpaired) electrons. The van der Waals surface area contributed by atoms with Gasteiger partial charge >= 0.3 is 18.0 Å². The lowest BCUT2D eigenvalue weighted by atomic mass is 10.1. The van der Waals surface area contributed by atoms with Crippen LogP contribution in [-0.4, -0.2) is 62.0 Å². The van der Waals surface area contributed by atoms with Crippen LogP contribution < -0.4 is 22.1 Å². The number of aliphatic carboxylic acids is 2. The van der Waals surface area contributed by atoms with Gasteiger partial charge in [0.2, 0.25) is 17.7 Å². The highest BCUT2D eigenvalue weighted by atomic mass is 16.4. The SMILES string of the molecule is CC(N)=O.NC(CO)c1nnc(CNC(=O)NC(CCC(=O)O)C(=O)O)o1. The molecule has 3 amide bonds. The van der Waals surface area contributed by atoms with E-state index in [1.54, 1.807) is 0 Å². The Kier molecular flexibility index (Phi) is 10.7. The van der Waals surface area contributed by atoms with Crippen LogP contribution in [0.3, 0.4) is 0 Å². The first-order valence-corrected chi connectivity index (χ1v) is 7.50. The highest BCUT2D eigenvalue weighted by molar-refractivity contribution is 5.82. The number of nitrogens with zero attached hydrogens (tertiary/aromatic N) is 2. The molecule has 1 aromatic heterocycles. The number of aromatic nitrogens is 2. The summed E-state index contributed by atoms with van der Waals surface area (Å²) >= 11 is 0. The average Bonchev–Trinajstić information content (AvgIpc) is 3.04. The molecule has 0 aliphatic rings. The molecular weight excluding hydrogens is 368 g/mol. The van der Waals surface area contributed by atoms with Crippen molar-refractivity contribution in [1.82, 2.24) is 20.8 Å². The summed E-state index contributed by atoms with van der Waals surface area (Å²) < 4.78 is 5.07. The van der Waals surface area contributed by atoms with E-state index in [9.17, 15) is 19.2 Å². The second-order valence-corrected chi connectivity index (χ2v) is 5.08. The van der Waals surface area contributed by atoms with E-state index in [0.29, 0.717) is 0 Å². The normalized spacial score (nSPS) is 12.1. The topological polar surface area (TPSA) is 244 Å². The van der Waals surface area contributed by atoms with Gasteiger partial charge in [-0.1, -0.05) is 0 Å². The molecule has 0 aromatic carbocycles. The van der Waals surface area contributed by atoms with Crippen molar-refractivity contribution in [2.24, 2.45) is 11.5 Å². The van der Waals surface area contributed by atoms with Crippen LogP contribution in [0.15, 0.2) is 4.42 Å². The van der Waals surface area contributed by atoms with Gasteiger partial charge in [-0.2, -0.15) is 0 Å². The fraction of sp³-hybridized carbons (Fsp3) is 0.538. The number of urea groups is 1. The Morgan fingerprint density at radius 1 is 1.22 bits per heavy atom. The third-order valence-corrected chi connectivity index (χ3v) is 2.65. The van der Waals surface area contributed by atoms with Crippen molar-refractivity contribution in [2.75, 3.05) is 6.61 Å². The Bertz CT molecular complexity index is 645. The van der Waals surface area contributed by atoms with Gasteiger partial charge in [0.05, 0.1) is 13.2 Å².